The lowest BCUT2D eigenvalue weighted by atomic mass is 10.1. The topological polar surface area (TPSA) is 29.5 Å². The number of aliphatic hydroxyl groups excluding tert-OH is 1. The number of benzene rings is 2. The van der Waals surface area contributed by atoms with Gasteiger partial charge in [0.05, 0.1) is 6.10 Å². The van der Waals surface area contributed by atoms with Crippen molar-refractivity contribution in [2.75, 3.05) is 0 Å². The SMILES string of the molecule is Cc1ccc(COc2cc(F)ccc2C(C)O)c(Cl)c1. The monoisotopic (exact) mass is 294 g/mol. The molecule has 1 N–H and O–H groups in total. The van der Waals surface area contributed by atoms with Crippen molar-refractivity contribution in [1.29, 1.82) is 0 Å². The molecule has 0 heterocycles. The zero-order valence-electron chi connectivity index (χ0n) is 11.4. The highest BCUT2D eigenvalue weighted by molar-refractivity contribution is 6.31. The van der Waals surface area contributed by atoms with Crippen LogP contribution in [0.5, 0.6) is 5.75 Å². The summed E-state index contributed by atoms with van der Waals surface area (Å²) in [5.74, 6) is -0.0731. The predicted molar refractivity (Wildman–Crippen MR) is 77.6 cm³/mol. The molecule has 1 atom stereocenters. The van der Waals surface area contributed by atoms with Gasteiger partial charge in [0.25, 0.3) is 0 Å². The molecule has 0 aliphatic rings. The Bertz CT molecular complexity index is 611. The third kappa shape index (κ3) is 3.50. The van der Waals surface area contributed by atoms with Gasteiger partial charge in [0.1, 0.15) is 18.2 Å². The zero-order valence-corrected chi connectivity index (χ0v) is 12.1. The molecule has 0 saturated carbocycles. The molecule has 0 aromatic heterocycles. The largest absolute Gasteiger partial charge is 0.488 e. The smallest absolute Gasteiger partial charge is 0.128 e. The van der Waals surface area contributed by atoms with Crippen molar-refractivity contribution in [3.05, 3.63) is 63.9 Å². The standard InChI is InChI=1S/C16H16ClFO2/c1-10-3-4-12(15(17)7-10)9-20-16-8-13(18)5-6-14(16)11(2)19/h3-8,11,19H,9H2,1-2H3. The highest BCUT2D eigenvalue weighted by Gasteiger charge is 2.11. The van der Waals surface area contributed by atoms with Gasteiger partial charge in [-0.15, -0.1) is 0 Å². The quantitative estimate of drug-likeness (QED) is 0.904. The van der Waals surface area contributed by atoms with Crippen LogP contribution in [0.3, 0.4) is 0 Å². The summed E-state index contributed by atoms with van der Waals surface area (Å²) in [4.78, 5) is 0. The molecule has 0 aliphatic carbocycles. The summed E-state index contributed by atoms with van der Waals surface area (Å²) in [6.45, 7) is 3.79. The van der Waals surface area contributed by atoms with Crippen molar-refractivity contribution < 1.29 is 14.2 Å². The molecule has 2 aromatic rings. The van der Waals surface area contributed by atoms with Crippen LogP contribution in [-0.2, 0) is 6.61 Å². The van der Waals surface area contributed by atoms with E-state index < -0.39 is 11.9 Å². The Morgan fingerprint density at radius 1 is 1.25 bits per heavy atom. The number of rotatable bonds is 4. The number of ether oxygens (including phenoxy) is 1. The van der Waals surface area contributed by atoms with E-state index in [9.17, 15) is 9.50 Å². The Balaban J connectivity index is 2.20. The van der Waals surface area contributed by atoms with Crippen molar-refractivity contribution in [3.8, 4) is 5.75 Å². The second-order valence-corrected chi connectivity index (χ2v) is 5.15. The van der Waals surface area contributed by atoms with Gasteiger partial charge >= 0.3 is 0 Å². The molecule has 0 saturated heterocycles. The van der Waals surface area contributed by atoms with Gasteiger partial charge < -0.3 is 9.84 Å². The third-order valence-corrected chi connectivity index (χ3v) is 3.37. The van der Waals surface area contributed by atoms with Crippen LogP contribution in [0, 0.1) is 12.7 Å². The summed E-state index contributed by atoms with van der Waals surface area (Å²) in [5.41, 5.74) is 2.43. The summed E-state index contributed by atoms with van der Waals surface area (Å²) < 4.78 is 18.9. The van der Waals surface area contributed by atoms with E-state index in [4.69, 9.17) is 16.3 Å². The van der Waals surface area contributed by atoms with E-state index >= 15 is 0 Å². The highest BCUT2D eigenvalue weighted by atomic mass is 35.5. The van der Waals surface area contributed by atoms with E-state index in [1.54, 1.807) is 6.92 Å². The second kappa shape index (κ2) is 6.25. The van der Waals surface area contributed by atoms with Crippen molar-refractivity contribution >= 4 is 11.6 Å². The fraction of sp³-hybridized carbons (Fsp3) is 0.250. The highest BCUT2D eigenvalue weighted by Crippen LogP contribution is 2.28. The third-order valence-electron chi connectivity index (χ3n) is 3.02. The van der Waals surface area contributed by atoms with Crippen LogP contribution in [0.2, 0.25) is 5.02 Å². The summed E-state index contributed by atoms with van der Waals surface area (Å²) in [6, 6.07) is 9.75. The Labute approximate surface area is 122 Å². The average Bonchev–Trinajstić information content (AvgIpc) is 2.37. The molecule has 20 heavy (non-hydrogen) atoms. The van der Waals surface area contributed by atoms with Crippen molar-refractivity contribution in [1.82, 2.24) is 0 Å². The van der Waals surface area contributed by atoms with E-state index in [-0.39, 0.29) is 6.61 Å². The molecule has 0 amide bonds. The van der Waals surface area contributed by atoms with Crippen LogP contribution in [0.15, 0.2) is 36.4 Å². The van der Waals surface area contributed by atoms with E-state index in [1.165, 1.54) is 18.2 Å². The summed E-state index contributed by atoms with van der Waals surface area (Å²) in [6.07, 6.45) is -0.723. The Morgan fingerprint density at radius 3 is 2.65 bits per heavy atom. The molecule has 0 radical (unpaired) electrons. The van der Waals surface area contributed by atoms with Gasteiger partial charge in [0.2, 0.25) is 0 Å². The number of halogens is 2. The fourth-order valence-electron chi connectivity index (χ4n) is 1.90. The first-order valence-corrected chi connectivity index (χ1v) is 6.70. The molecule has 1 unspecified atom stereocenters. The Hall–Kier alpha value is -1.58. The lowest BCUT2D eigenvalue weighted by Gasteiger charge is -2.14. The molecule has 106 valence electrons. The first-order valence-electron chi connectivity index (χ1n) is 6.32. The van der Waals surface area contributed by atoms with Crippen LogP contribution in [0.25, 0.3) is 0 Å². The minimum absolute atomic E-state index is 0.224. The Kier molecular flexibility index (Phi) is 4.63. The number of aliphatic hydroxyl groups is 1. The van der Waals surface area contributed by atoms with Gasteiger partial charge in [0.15, 0.2) is 0 Å². The van der Waals surface area contributed by atoms with Gasteiger partial charge in [-0.05, 0) is 37.6 Å². The predicted octanol–water partition coefficient (Wildman–Crippen LogP) is 4.42. The maximum Gasteiger partial charge on any atom is 0.128 e. The summed E-state index contributed by atoms with van der Waals surface area (Å²) in [5, 5.41) is 10.3. The van der Waals surface area contributed by atoms with Crippen LogP contribution >= 0.6 is 11.6 Å². The zero-order chi connectivity index (χ0) is 14.7. The second-order valence-electron chi connectivity index (χ2n) is 4.74. The minimum atomic E-state index is -0.723. The Morgan fingerprint density at radius 2 is 2.00 bits per heavy atom. The van der Waals surface area contributed by atoms with E-state index in [2.05, 4.69) is 0 Å². The van der Waals surface area contributed by atoms with E-state index in [1.807, 2.05) is 25.1 Å². The molecule has 2 aromatic carbocycles. The molecule has 2 nitrogen and oxygen atoms in total. The molecular weight excluding hydrogens is 279 g/mol. The van der Waals surface area contributed by atoms with Gasteiger partial charge in [0, 0.05) is 22.2 Å². The fourth-order valence-corrected chi connectivity index (χ4v) is 2.19. The van der Waals surface area contributed by atoms with Gasteiger partial charge in [-0.3, -0.25) is 0 Å². The van der Waals surface area contributed by atoms with Crippen molar-refractivity contribution in [3.63, 3.8) is 0 Å². The molecule has 0 aliphatic heterocycles. The average molecular weight is 295 g/mol. The summed E-state index contributed by atoms with van der Waals surface area (Å²) in [7, 11) is 0. The van der Waals surface area contributed by atoms with Crippen LogP contribution in [0.1, 0.15) is 29.7 Å². The maximum atomic E-state index is 13.3. The van der Waals surface area contributed by atoms with Gasteiger partial charge in [-0.2, -0.15) is 0 Å². The van der Waals surface area contributed by atoms with Crippen LogP contribution in [0.4, 0.5) is 4.39 Å². The number of aryl methyl sites for hydroxylation is 1. The van der Waals surface area contributed by atoms with E-state index in [0.717, 1.165) is 11.1 Å². The summed E-state index contributed by atoms with van der Waals surface area (Å²) >= 11 is 6.13. The van der Waals surface area contributed by atoms with Crippen molar-refractivity contribution in [2.24, 2.45) is 0 Å². The first kappa shape index (κ1) is 14.8. The van der Waals surface area contributed by atoms with Crippen LogP contribution in [-0.4, -0.2) is 5.11 Å². The molecule has 0 bridgehead atoms. The molecule has 0 fully saturated rings. The molecule has 4 heteroatoms. The van der Waals surface area contributed by atoms with Crippen LogP contribution < -0.4 is 4.74 Å². The normalized spacial score (nSPS) is 12.2. The lowest BCUT2D eigenvalue weighted by Crippen LogP contribution is -2.02. The molecule has 0 spiro atoms. The van der Waals surface area contributed by atoms with Gasteiger partial charge in [-0.1, -0.05) is 23.7 Å². The van der Waals surface area contributed by atoms with Gasteiger partial charge in [-0.25, -0.2) is 4.39 Å². The number of hydrogen-bond donors (Lipinski definition) is 1. The van der Waals surface area contributed by atoms with Crippen molar-refractivity contribution in [2.45, 2.75) is 26.6 Å². The maximum absolute atomic E-state index is 13.3. The lowest BCUT2D eigenvalue weighted by molar-refractivity contribution is 0.190. The molecule has 2 rings (SSSR count). The minimum Gasteiger partial charge on any atom is -0.488 e. The molecular formula is C16H16ClFO2. The number of hydrogen-bond acceptors (Lipinski definition) is 2. The van der Waals surface area contributed by atoms with E-state index in [0.29, 0.717) is 16.3 Å². The first-order chi connectivity index (χ1) is 9.47.